The predicted octanol–water partition coefficient (Wildman–Crippen LogP) is 2.97. The van der Waals surface area contributed by atoms with Crippen LogP contribution in [0.1, 0.15) is 25.8 Å². The zero-order valence-electron chi connectivity index (χ0n) is 11.8. The highest BCUT2D eigenvalue weighted by molar-refractivity contribution is 7.80. The van der Waals surface area contributed by atoms with Crippen LogP contribution in [0.2, 0.25) is 5.02 Å². The molecule has 0 aliphatic rings. The molecular formula is C14H19ClN2O2S. The van der Waals surface area contributed by atoms with Crippen LogP contribution in [0.15, 0.2) is 18.2 Å². The first-order valence-corrected chi connectivity index (χ1v) is 7.07. The molecule has 4 nitrogen and oxygen atoms in total. The van der Waals surface area contributed by atoms with E-state index in [4.69, 9.17) is 34.3 Å². The number of esters is 1. The summed E-state index contributed by atoms with van der Waals surface area (Å²) in [6.07, 6.45) is 0.645. The van der Waals surface area contributed by atoms with Crippen molar-refractivity contribution < 1.29 is 9.53 Å². The molecule has 0 bridgehead atoms. The van der Waals surface area contributed by atoms with Crippen LogP contribution >= 0.6 is 23.8 Å². The van der Waals surface area contributed by atoms with Gasteiger partial charge < -0.3 is 15.8 Å². The van der Waals surface area contributed by atoms with Crippen LogP contribution in [0, 0.1) is 5.92 Å². The zero-order chi connectivity index (χ0) is 15.3. The van der Waals surface area contributed by atoms with Gasteiger partial charge in [0.1, 0.15) is 11.0 Å². The van der Waals surface area contributed by atoms with E-state index in [0.29, 0.717) is 28.6 Å². The molecule has 0 heterocycles. The second-order valence-electron chi connectivity index (χ2n) is 4.90. The number of methoxy groups -OCH3 is 1. The number of thiocarbonyl (C=S) groups is 1. The van der Waals surface area contributed by atoms with Gasteiger partial charge in [0.25, 0.3) is 0 Å². The summed E-state index contributed by atoms with van der Waals surface area (Å²) in [7, 11) is 1.37. The Bertz CT molecular complexity index is 506. The SMILES string of the molecule is COC(=O)C(CC(C)C)Nc1ccc(Cl)cc1C(N)=S. The van der Waals surface area contributed by atoms with E-state index in [9.17, 15) is 4.79 Å². The van der Waals surface area contributed by atoms with Crippen molar-refractivity contribution in [3.05, 3.63) is 28.8 Å². The van der Waals surface area contributed by atoms with Crippen molar-refractivity contribution >= 4 is 40.5 Å². The molecule has 0 aliphatic heterocycles. The van der Waals surface area contributed by atoms with Gasteiger partial charge >= 0.3 is 5.97 Å². The van der Waals surface area contributed by atoms with Crippen molar-refractivity contribution in [2.24, 2.45) is 11.7 Å². The minimum atomic E-state index is -0.450. The Balaban J connectivity index is 3.04. The zero-order valence-corrected chi connectivity index (χ0v) is 13.3. The minimum Gasteiger partial charge on any atom is -0.467 e. The van der Waals surface area contributed by atoms with Gasteiger partial charge in [-0.2, -0.15) is 0 Å². The summed E-state index contributed by atoms with van der Waals surface area (Å²) in [5.41, 5.74) is 6.98. The molecule has 0 aliphatic carbocycles. The first-order chi connectivity index (χ1) is 9.35. The van der Waals surface area contributed by atoms with Crippen molar-refractivity contribution in [1.82, 2.24) is 0 Å². The van der Waals surface area contributed by atoms with Crippen LogP contribution in [-0.4, -0.2) is 24.1 Å². The molecule has 0 fully saturated rings. The van der Waals surface area contributed by atoms with Gasteiger partial charge in [-0.1, -0.05) is 37.7 Å². The molecule has 1 atom stereocenters. The number of anilines is 1. The highest BCUT2D eigenvalue weighted by atomic mass is 35.5. The Labute approximate surface area is 129 Å². The van der Waals surface area contributed by atoms with Crippen LogP contribution < -0.4 is 11.1 Å². The van der Waals surface area contributed by atoms with Gasteiger partial charge in [-0.25, -0.2) is 4.79 Å². The molecule has 0 spiro atoms. The molecule has 0 saturated carbocycles. The molecule has 0 saturated heterocycles. The fourth-order valence-electron chi connectivity index (χ4n) is 1.86. The third-order valence-corrected chi connectivity index (χ3v) is 3.22. The standard InChI is InChI=1S/C14H19ClN2O2S/c1-8(2)6-12(14(18)19-3)17-11-5-4-9(15)7-10(11)13(16)20/h4-5,7-8,12,17H,6H2,1-3H3,(H2,16,20). The highest BCUT2D eigenvalue weighted by Gasteiger charge is 2.21. The second-order valence-corrected chi connectivity index (χ2v) is 5.78. The van der Waals surface area contributed by atoms with E-state index in [0.717, 1.165) is 0 Å². The van der Waals surface area contributed by atoms with Crippen LogP contribution in [-0.2, 0) is 9.53 Å². The van der Waals surface area contributed by atoms with E-state index in [2.05, 4.69) is 5.32 Å². The van der Waals surface area contributed by atoms with Gasteiger partial charge in [0.05, 0.1) is 7.11 Å². The van der Waals surface area contributed by atoms with E-state index in [-0.39, 0.29) is 11.0 Å². The largest absolute Gasteiger partial charge is 0.467 e. The van der Waals surface area contributed by atoms with Crippen molar-refractivity contribution in [3.63, 3.8) is 0 Å². The maximum atomic E-state index is 11.8. The Kier molecular flexibility index (Phi) is 6.23. The van der Waals surface area contributed by atoms with Gasteiger partial charge in [-0.05, 0) is 30.5 Å². The summed E-state index contributed by atoms with van der Waals surface area (Å²) in [4.78, 5) is 12.1. The summed E-state index contributed by atoms with van der Waals surface area (Å²) in [5, 5.41) is 3.68. The fraction of sp³-hybridized carbons (Fsp3) is 0.429. The maximum Gasteiger partial charge on any atom is 0.328 e. The van der Waals surface area contributed by atoms with Crippen LogP contribution in [0.4, 0.5) is 5.69 Å². The smallest absolute Gasteiger partial charge is 0.328 e. The van der Waals surface area contributed by atoms with Crippen LogP contribution in [0.25, 0.3) is 0 Å². The molecule has 3 N–H and O–H groups in total. The molecule has 1 rings (SSSR count). The van der Waals surface area contributed by atoms with Gasteiger partial charge in [-0.3, -0.25) is 0 Å². The number of benzene rings is 1. The molecule has 0 amide bonds. The third kappa shape index (κ3) is 4.65. The van der Waals surface area contributed by atoms with Crippen LogP contribution in [0.3, 0.4) is 0 Å². The second kappa shape index (κ2) is 7.45. The van der Waals surface area contributed by atoms with E-state index < -0.39 is 6.04 Å². The first-order valence-electron chi connectivity index (χ1n) is 6.28. The Morgan fingerprint density at radius 1 is 1.50 bits per heavy atom. The van der Waals surface area contributed by atoms with Crippen LogP contribution in [0.5, 0.6) is 0 Å². The predicted molar refractivity (Wildman–Crippen MR) is 86.2 cm³/mol. The summed E-state index contributed by atoms with van der Waals surface area (Å²) in [6.45, 7) is 4.07. The van der Waals surface area contributed by atoms with Gasteiger partial charge in [-0.15, -0.1) is 0 Å². The first kappa shape index (κ1) is 16.7. The van der Waals surface area contributed by atoms with Crippen molar-refractivity contribution in [1.29, 1.82) is 0 Å². The summed E-state index contributed by atoms with van der Waals surface area (Å²) in [5.74, 6) is 0.0229. The molecular weight excluding hydrogens is 296 g/mol. The van der Waals surface area contributed by atoms with Crippen molar-refractivity contribution in [3.8, 4) is 0 Å². The van der Waals surface area contributed by atoms with E-state index in [1.54, 1.807) is 18.2 Å². The lowest BCUT2D eigenvalue weighted by atomic mass is 10.0. The number of halogens is 1. The third-order valence-electron chi connectivity index (χ3n) is 2.77. The number of carbonyl (C=O) groups excluding carboxylic acids is 1. The maximum absolute atomic E-state index is 11.8. The molecule has 1 unspecified atom stereocenters. The van der Waals surface area contributed by atoms with Gasteiger partial charge in [0, 0.05) is 16.3 Å². The van der Waals surface area contributed by atoms with E-state index in [1.165, 1.54) is 7.11 Å². The molecule has 1 aromatic rings. The highest BCUT2D eigenvalue weighted by Crippen LogP contribution is 2.23. The normalized spacial score (nSPS) is 12.1. The van der Waals surface area contributed by atoms with Gasteiger partial charge in [0.15, 0.2) is 0 Å². The molecule has 0 aromatic heterocycles. The molecule has 1 aromatic carbocycles. The Hall–Kier alpha value is -1.33. The number of hydrogen-bond donors (Lipinski definition) is 2. The van der Waals surface area contributed by atoms with Crippen molar-refractivity contribution in [2.75, 3.05) is 12.4 Å². The number of nitrogens with one attached hydrogen (secondary N) is 1. The van der Waals surface area contributed by atoms with E-state index >= 15 is 0 Å². The van der Waals surface area contributed by atoms with Gasteiger partial charge in [0.2, 0.25) is 0 Å². The summed E-state index contributed by atoms with van der Waals surface area (Å²) >= 11 is 10.9. The molecule has 110 valence electrons. The lowest BCUT2D eigenvalue weighted by molar-refractivity contribution is -0.141. The summed E-state index contributed by atoms with van der Waals surface area (Å²) in [6, 6.07) is 4.70. The molecule has 6 heteroatoms. The molecule has 0 radical (unpaired) electrons. The number of ether oxygens (including phenoxy) is 1. The topological polar surface area (TPSA) is 64.3 Å². The van der Waals surface area contributed by atoms with Crippen molar-refractivity contribution in [2.45, 2.75) is 26.3 Å². The molecule has 20 heavy (non-hydrogen) atoms. The lowest BCUT2D eigenvalue weighted by Gasteiger charge is -2.21. The number of rotatable bonds is 6. The minimum absolute atomic E-state index is 0.225. The van der Waals surface area contributed by atoms with E-state index in [1.807, 2.05) is 13.8 Å². The quantitative estimate of drug-likeness (QED) is 0.624. The number of nitrogens with two attached hydrogens (primary N) is 1. The Morgan fingerprint density at radius 3 is 2.65 bits per heavy atom. The Morgan fingerprint density at radius 2 is 2.15 bits per heavy atom. The monoisotopic (exact) mass is 314 g/mol. The average molecular weight is 315 g/mol. The number of hydrogen-bond acceptors (Lipinski definition) is 4. The lowest BCUT2D eigenvalue weighted by Crippen LogP contribution is -2.33. The fourth-order valence-corrected chi connectivity index (χ4v) is 2.20. The number of carbonyl (C=O) groups is 1. The average Bonchev–Trinajstić information content (AvgIpc) is 2.38. The summed E-state index contributed by atoms with van der Waals surface area (Å²) < 4.78 is 4.82.